The Kier molecular flexibility index (Phi) is 4.67. The molecule has 1 aromatic heterocycles. The van der Waals surface area contributed by atoms with Crippen LogP contribution in [0.25, 0.3) is 0 Å². The van der Waals surface area contributed by atoms with Crippen LogP contribution in [0.3, 0.4) is 0 Å². The molecule has 0 aliphatic rings. The van der Waals surface area contributed by atoms with Crippen molar-refractivity contribution >= 4 is 17.5 Å². The number of nitrogens with one attached hydrogen (secondary N) is 2. The Morgan fingerprint density at radius 3 is 2.45 bits per heavy atom. The summed E-state index contributed by atoms with van der Waals surface area (Å²) in [5, 5.41) is 8.52. The molecular formula is C15H16N4O3. The molecule has 0 fully saturated rings. The predicted octanol–water partition coefficient (Wildman–Crippen LogP) is 0.789. The maximum atomic E-state index is 12.0. The molecule has 0 spiro atoms. The highest BCUT2D eigenvalue weighted by Gasteiger charge is 2.16. The Morgan fingerprint density at radius 2 is 1.86 bits per heavy atom. The van der Waals surface area contributed by atoms with Gasteiger partial charge in [0, 0.05) is 18.8 Å². The molecule has 2 N–H and O–H groups in total. The minimum Gasteiger partial charge on any atom is -0.331 e. The van der Waals surface area contributed by atoms with Crippen LogP contribution in [0.2, 0.25) is 0 Å². The van der Waals surface area contributed by atoms with Gasteiger partial charge in [-0.05, 0) is 25.1 Å². The van der Waals surface area contributed by atoms with Crippen LogP contribution in [-0.4, -0.2) is 40.5 Å². The summed E-state index contributed by atoms with van der Waals surface area (Å²) in [6.45, 7) is 1.84. The minimum absolute atomic E-state index is 0.0743. The van der Waals surface area contributed by atoms with Crippen LogP contribution in [-0.2, 0) is 4.79 Å². The Balaban J connectivity index is 1.95. The van der Waals surface area contributed by atoms with E-state index in [-0.39, 0.29) is 18.1 Å². The summed E-state index contributed by atoms with van der Waals surface area (Å²) in [5.74, 6) is -0.764. The lowest BCUT2D eigenvalue weighted by Crippen LogP contribution is -2.35. The fourth-order valence-electron chi connectivity index (χ4n) is 1.78. The van der Waals surface area contributed by atoms with E-state index in [4.69, 9.17) is 0 Å². The lowest BCUT2D eigenvalue weighted by molar-refractivity contribution is -0.116. The van der Waals surface area contributed by atoms with E-state index in [1.54, 1.807) is 12.1 Å². The fourth-order valence-corrected chi connectivity index (χ4v) is 1.78. The Bertz CT molecular complexity index is 717. The zero-order valence-corrected chi connectivity index (χ0v) is 12.3. The third kappa shape index (κ3) is 4.02. The van der Waals surface area contributed by atoms with Crippen LogP contribution in [0.15, 0.2) is 41.2 Å². The summed E-state index contributed by atoms with van der Waals surface area (Å²) in [5.41, 5.74) is 1.44. The molecule has 114 valence electrons. The van der Waals surface area contributed by atoms with Crippen molar-refractivity contribution in [1.82, 2.24) is 15.1 Å². The van der Waals surface area contributed by atoms with E-state index in [1.807, 2.05) is 19.1 Å². The molecule has 0 aliphatic heterocycles. The van der Waals surface area contributed by atoms with Crippen molar-refractivity contribution in [2.45, 2.75) is 6.92 Å². The van der Waals surface area contributed by atoms with Gasteiger partial charge in [0.1, 0.15) is 5.69 Å². The summed E-state index contributed by atoms with van der Waals surface area (Å²) in [4.78, 5) is 36.1. The smallest absolute Gasteiger partial charge is 0.274 e. The number of amides is 2. The van der Waals surface area contributed by atoms with Crippen LogP contribution < -0.4 is 10.9 Å². The fraction of sp³-hybridized carbons (Fsp3) is 0.200. The van der Waals surface area contributed by atoms with E-state index in [0.29, 0.717) is 5.69 Å². The molecule has 0 saturated carbocycles. The number of carbonyl (C=O) groups is 2. The number of carbonyl (C=O) groups excluding carboxylic acids is 2. The van der Waals surface area contributed by atoms with Crippen molar-refractivity contribution in [3.05, 3.63) is 58.0 Å². The zero-order chi connectivity index (χ0) is 16.1. The molecule has 0 atom stereocenters. The molecule has 7 heteroatoms. The van der Waals surface area contributed by atoms with Crippen LogP contribution in [0.1, 0.15) is 16.1 Å². The summed E-state index contributed by atoms with van der Waals surface area (Å²) < 4.78 is 0. The van der Waals surface area contributed by atoms with Crippen molar-refractivity contribution in [1.29, 1.82) is 0 Å². The number of rotatable bonds is 4. The minimum atomic E-state index is -0.449. The lowest BCUT2D eigenvalue weighted by Gasteiger charge is -2.16. The first-order valence-electron chi connectivity index (χ1n) is 6.63. The van der Waals surface area contributed by atoms with Crippen LogP contribution in [0.4, 0.5) is 5.69 Å². The first-order chi connectivity index (χ1) is 10.5. The first kappa shape index (κ1) is 15.4. The van der Waals surface area contributed by atoms with Gasteiger partial charge in [0.2, 0.25) is 5.91 Å². The molecule has 2 aromatic rings. The van der Waals surface area contributed by atoms with Gasteiger partial charge in [0.15, 0.2) is 0 Å². The molecule has 2 amide bonds. The van der Waals surface area contributed by atoms with E-state index < -0.39 is 11.5 Å². The Morgan fingerprint density at radius 1 is 1.18 bits per heavy atom. The maximum absolute atomic E-state index is 12.0. The van der Waals surface area contributed by atoms with Gasteiger partial charge in [-0.25, -0.2) is 5.10 Å². The average Bonchev–Trinajstić information content (AvgIpc) is 2.49. The van der Waals surface area contributed by atoms with Crippen LogP contribution >= 0.6 is 0 Å². The molecule has 0 radical (unpaired) electrons. The molecule has 1 heterocycles. The quantitative estimate of drug-likeness (QED) is 0.872. The van der Waals surface area contributed by atoms with Gasteiger partial charge in [0.25, 0.3) is 11.5 Å². The van der Waals surface area contributed by atoms with Crippen molar-refractivity contribution in [2.75, 3.05) is 18.9 Å². The number of aromatic amines is 1. The highest BCUT2D eigenvalue weighted by atomic mass is 16.2. The van der Waals surface area contributed by atoms with E-state index in [9.17, 15) is 14.4 Å². The van der Waals surface area contributed by atoms with Gasteiger partial charge < -0.3 is 10.2 Å². The number of H-pyrrole nitrogens is 1. The molecule has 0 saturated heterocycles. The Labute approximate surface area is 127 Å². The number of aryl methyl sites for hydroxylation is 1. The molecular weight excluding hydrogens is 284 g/mol. The molecule has 22 heavy (non-hydrogen) atoms. The van der Waals surface area contributed by atoms with Crippen molar-refractivity contribution in [2.24, 2.45) is 0 Å². The topological polar surface area (TPSA) is 95.2 Å². The summed E-state index contributed by atoms with van der Waals surface area (Å²) in [7, 11) is 1.49. The van der Waals surface area contributed by atoms with Gasteiger partial charge in [-0.2, -0.15) is 5.10 Å². The first-order valence-corrected chi connectivity index (χ1v) is 6.63. The number of likely N-dealkylation sites (N-methyl/N-ethyl adjacent to an activating group) is 1. The molecule has 0 unspecified atom stereocenters. The molecule has 0 aliphatic carbocycles. The standard InChI is InChI=1S/C15H16N4O3/c1-10-3-5-11(6-4-10)16-14(21)9-19(2)15(22)12-7-8-13(20)18-17-12/h3-8H,9H2,1-2H3,(H,16,21)(H,18,20). The number of nitrogens with zero attached hydrogens (tertiary/aromatic N) is 2. The second-order valence-electron chi connectivity index (χ2n) is 4.88. The maximum Gasteiger partial charge on any atom is 0.274 e. The number of hydrogen-bond acceptors (Lipinski definition) is 4. The summed E-state index contributed by atoms with van der Waals surface area (Å²) in [6, 6.07) is 9.87. The van der Waals surface area contributed by atoms with Crippen LogP contribution in [0, 0.1) is 6.92 Å². The number of aromatic nitrogens is 2. The number of benzene rings is 1. The molecule has 2 rings (SSSR count). The normalized spacial score (nSPS) is 10.1. The molecule has 0 bridgehead atoms. The summed E-state index contributed by atoms with van der Waals surface area (Å²) >= 11 is 0. The largest absolute Gasteiger partial charge is 0.331 e. The Hall–Kier alpha value is -2.96. The number of hydrogen-bond donors (Lipinski definition) is 2. The van der Waals surface area contributed by atoms with Crippen molar-refractivity contribution in [3.8, 4) is 0 Å². The van der Waals surface area contributed by atoms with E-state index >= 15 is 0 Å². The molecule has 7 nitrogen and oxygen atoms in total. The van der Waals surface area contributed by atoms with E-state index in [1.165, 1.54) is 24.1 Å². The third-order valence-corrected chi connectivity index (χ3v) is 2.96. The van der Waals surface area contributed by atoms with Crippen molar-refractivity contribution in [3.63, 3.8) is 0 Å². The van der Waals surface area contributed by atoms with Gasteiger partial charge in [-0.3, -0.25) is 14.4 Å². The van der Waals surface area contributed by atoms with Gasteiger partial charge in [0.05, 0.1) is 6.54 Å². The monoisotopic (exact) mass is 300 g/mol. The second-order valence-corrected chi connectivity index (χ2v) is 4.88. The van der Waals surface area contributed by atoms with Gasteiger partial charge >= 0.3 is 0 Å². The van der Waals surface area contributed by atoms with Gasteiger partial charge in [-0.15, -0.1) is 0 Å². The van der Waals surface area contributed by atoms with E-state index in [0.717, 1.165) is 5.56 Å². The summed E-state index contributed by atoms with van der Waals surface area (Å²) in [6.07, 6.45) is 0. The van der Waals surface area contributed by atoms with E-state index in [2.05, 4.69) is 15.5 Å². The lowest BCUT2D eigenvalue weighted by atomic mass is 10.2. The predicted molar refractivity (Wildman–Crippen MR) is 81.6 cm³/mol. The zero-order valence-electron chi connectivity index (χ0n) is 12.3. The highest BCUT2D eigenvalue weighted by Crippen LogP contribution is 2.08. The number of anilines is 1. The highest BCUT2D eigenvalue weighted by molar-refractivity contribution is 5.98. The third-order valence-electron chi connectivity index (χ3n) is 2.96. The molecule has 1 aromatic carbocycles. The SMILES string of the molecule is Cc1ccc(NC(=O)CN(C)C(=O)c2ccc(=O)[nH]n2)cc1. The van der Waals surface area contributed by atoms with Gasteiger partial charge in [-0.1, -0.05) is 17.7 Å². The van der Waals surface area contributed by atoms with Crippen LogP contribution in [0.5, 0.6) is 0 Å². The van der Waals surface area contributed by atoms with Crippen molar-refractivity contribution < 1.29 is 9.59 Å². The average molecular weight is 300 g/mol. The second kappa shape index (κ2) is 6.66.